The first-order chi connectivity index (χ1) is 16.3. The summed E-state index contributed by atoms with van der Waals surface area (Å²) < 4.78 is 29.1. The number of halogens is 1. The van der Waals surface area contributed by atoms with Gasteiger partial charge in [-0.05, 0) is 55.9 Å². The predicted octanol–water partition coefficient (Wildman–Crippen LogP) is 4.05. The lowest BCUT2D eigenvalue weighted by molar-refractivity contribution is -0.126. The molecule has 0 radical (unpaired) electrons. The first kappa shape index (κ1) is 25.2. The van der Waals surface area contributed by atoms with Crippen molar-refractivity contribution in [1.29, 1.82) is 0 Å². The van der Waals surface area contributed by atoms with E-state index in [-0.39, 0.29) is 23.9 Å². The molecule has 0 bridgehead atoms. The summed E-state index contributed by atoms with van der Waals surface area (Å²) in [5.74, 6) is 0.0232. The maximum atomic E-state index is 13.1. The molecule has 3 unspecified atom stereocenters. The van der Waals surface area contributed by atoms with Gasteiger partial charge in [0.1, 0.15) is 5.25 Å². The van der Waals surface area contributed by atoms with Crippen molar-refractivity contribution >= 4 is 27.5 Å². The minimum atomic E-state index is -3.46. The Labute approximate surface area is 208 Å². The van der Waals surface area contributed by atoms with Crippen LogP contribution in [0.25, 0.3) is 0 Å². The Morgan fingerprint density at radius 2 is 1.74 bits per heavy atom. The predicted molar refractivity (Wildman–Crippen MR) is 136 cm³/mol. The van der Waals surface area contributed by atoms with E-state index in [2.05, 4.69) is 21.9 Å². The Hall–Kier alpha value is -1.93. The van der Waals surface area contributed by atoms with Crippen molar-refractivity contribution in [2.45, 2.75) is 50.9 Å². The molecule has 0 aromatic heterocycles. The van der Waals surface area contributed by atoms with Crippen LogP contribution in [0.15, 0.2) is 48.5 Å². The molecule has 2 saturated heterocycles. The lowest BCUT2D eigenvalue weighted by Crippen LogP contribution is -2.51. The van der Waals surface area contributed by atoms with E-state index in [1.165, 1.54) is 0 Å². The number of piperidine rings is 1. The Morgan fingerprint density at radius 3 is 2.35 bits per heavy atom. The zero-order valence-electron chi connectivity index (χ0n) is 19.8. The molecule has 0 spiro atoms. The second-order valence-electron chi connectivity index (χ2n) is 9.49. The lowest BCUT2D eigenvalue weighted by atomic mass is 9.90. The SMILES string of the molecule is CCC1C(N2CCC(C(=O)NCCc3ccc(Cl)cc3)CC2)NS(=O)(=O)C1c1ccc(C)cc1. The van der Waals surface area contributed by atoms with E-state index >= 15 is 0 Å². The topological polar surface area (TPSA) is 78.5 Å². The van der Waals surface area contributed by atoms with Gasteiger partial charge in [-0.25, -0.2) is 8.42 Å². The van der Waals surface area contributed by atoms with Crippen molar-refractivity contribution in [2.75, 3.05) is 19.6 Å². The summed E-state index contributed by atoms with van der Waals surface area (Å²) >= 11 is 5.92. The van der Waals surface area contributed by atoms with Gasteiger partial charge in [-0.3, -0.25) is 9.69 Å². The van der Waals surface area contributed by atoms with E-state index in [4.69, 9.17) is 11.6 Å². The fraction of sp³-hybridized carbons (Fsp3) is 0.500. The second-order valence-corrected chi connectivity index (χ2v) is 11.8. The quantitative estimate of drug-likeness (QED) is 0.597. The monoisotopic (exact) mass is 503 g/mol. The van der Waals surface area contributed by atoms with Crippen molar-refractivity contribution in [3.05, 3.63) is 70.2 Å². The summed E-state index contributed by atoms with van der Waals surface area (Å²) in [6.07, 6.45) is 2.77. The molecule has 6 nitrogen and oxygen atoms in total. The highest BCUT2D eigenvalue weighted by Crippen LogP contribution is 2.41. The van der Waals surface area contributed by atoms with Crippen molar-refractivity contribution < 1.29 is 13.2 Å². The molecule has 2 heterocycles. The van der Waals surface area contributed by atoms with Crippen LogP contribution in [0.2, 0.25) is 5.02 Å². The van der Waals surface area contributed by atoms with Crippen LogP contribution in [0.3, 0.4) is 0 Å². The number of rotatable bonds is 7. The van der Waals surface area contributed by atoms with E-state index in [0.717, 1.165) is 42.4 Å². The van der Waals surface area contributed by atoms with Gasteiger partial charge in [0, 0.05) is 36.5 Å². The number of carbonyl (C=O) groups is 1. The molecule has 34 heavy (non-hydrogen) atoms. The maximum Gasteiger partial charge on any atom is 0.223 e. The number of nitrogens with zero attached hydrogens (tertiary/aromatic N) is 1. The van der Waals surface area contributed by atoms with Crippen LogP contribution in [-0.2, 0) is 21.2 Å². The van der Waals surface area contributed by atoms with Gasteiger partial charge < -0.3 is 5.32 Å². The van der Waals surface area contributed by atoms with Gasteiger partial charge >= 0.3 is 0 Å². The zero-order valence-corrected chi connectivity index (χ0v) is 21.4. The van der Waals surface area contributed by atoms with Crippen molar-refractivity contribution in [2.24, 2.45) is 11.8 Å². The van der Waals surface area contributed by atoms with Gasteiger partial charge in [0.15, 0.2) is 0 Å². The van der Waals surface area contributed by atoms with Crippen molar-refractivity contribution in [1.82, 2.24) is 14.9 Å². The molecule has 2 aromatic carbocycles. The maximum absolute atomic E-state index is 13.1. The molecule has 184 valence electrons. The third kappa shape index (κ3) is 5.65. The van der Waals surface area contributed by atoms with Crippen molar-refractivity contribution in [3.8, 4) is 0 Å². The molecule has 8 heteroatoms. The van der Waals surface area contributed by atoms with Crippen LogP contribution in [0.1, 0.15) is 48.1 Å². The van der Waals surface area contributed by atoms with E-state index in [9.17, 15) is 13.2 Å². The zero-order chi connectivity index (χ0) is 24.3. The first-order valence-corrected chi connectivity index (χ1v) is 14.0. The van der Waals surface area contributed by atoms with Crippen LogP contribution < -0.4 is 10.0 Å². The number of nitrogens with one attached hydrogen (secondary N) is 2. The molecular weight excluding hydrogens is 470 g/mol. The molecule has 2 aromatic rings. The van der Waals surface area contributed by atoms with Gasteiger partial charge in [-0.15, -0.1) is 0 Å². The summed E-state index contributed by atoms with van der Waals surface area (Å²) in [5.41, 5.74) is 3.11. The molecule has 2 N–H and O–H groups in total. The Kier molecular flexibility index (Phi) is 7.97. The van der Waals surface area contributed by atoms with Crippen LogP contribution in [-0.4, -0.2) is 45.0 Å². The highest BCUT2D eigenvalue weighted by Gasteiger charge is 2.49. The van der Waals surface area contributed by atoms with Crippen LogP contribution in [0.4, 0.5) is 0 Å². The molecule has 2 aliphatic rings. The summed E-state index contributed by atoms with van der Waals surface area (Å²) in [4.78, 5) is 14.9. The third-order valence-electron chi connectivity index (χ3n) is 7.21. The van der Waals surface area contributed by atoms with Gasteiger partial charge in [-0.2, -0.15) is 4.72 Å². The molecule has 2 fully saturated rings. The number of carbonyl (C=O) groups excluding carboxylic acids is 1. The molecule has 1 amide bonds. The number of aryl methyl sites for hydroxylation is 1. The summed E-state index contributed by atoms with van der Waals surface area (Å²) in [6.45, 7) is 6.07. The minimum Gasteiger partial charge on any atom is -0.356 e. The number of hydrogen-bond acceptors (Lipinski definition) is 4. The smallest absolute Gasteiger partial charge is 0.223 e. The van der Waals surface area contributed by atoms with E-state index in [0.29, 0.717) is 24.7 Å². The van der Waals surface area contributed by atoms with Crippen LogP contribution in [0, 0.1) is 18.8 Å². The molecule has 3 atom stereocenters. The second kappa shape index (κ2) is 10.8. The lowest BCUT2D eigenvalue weighted by Gasteiger charge is -2.37. The van der Waals surface area contributed by atoms with Gasteiger partial charge in [0.25, 0.3) is 0 Å². The Balaban J connectivity index is 1.32. The fourth-order valence-corrected chi connectivity index (χ4v) is 7.51. The molecular formula is C26H34ClN3O3S. The van der Waals surface area contributed by atoms with E-state index in [1.807, 2.05) is 55.5 Å². The summed E-state index contributed by atoms with van der Waals surface area (Å²) in [7, 11) is -3.46. The normalized spacial score (nSPS) is 25.3. The highest BCUT2D eigenvalue weighted by atomic mass is 35.5. The standard InChI is InChI=1S/C26H34ClN3O3S/c1-3-23-24(20-8-4-18(2)5-9-20)34(32,33)29-25(23)30-16-13-21(14-17-30)26(31)28-15-12-19-6-10-22(27)11-7-19/h4-11,21,23-25,29H,3,12-17H2,1-2H3,(H,28,31). The van der Waals surface area contributed by atoms with E-state index < -0.39 is 15.3 Å². The highest BCUT2D eigenvalue weighted by molar-refractivity contribution is 7.90. The molecule has 0 aliphatic carbocycles. The Bertz CT molecular complexity index is 1080. The number of benzene rings is 2. The number of sulfonamides is 1. The van der Waals surface area contributed by atoms with Crippen LogP contribution in [0.5, 0.6) is 0 Å². The minimum absolute atomic E-state index is 0.0301. The number of hydrogen-bond donors (Lipinski definition) is 2. The average molecular weight is 504 g/mol. The van der Waals surface area contributed by atoms with E-state index in [1.54, 1.807) is 0 Å². The Morgan fingerprint density at radius 1 is 1.09 bits per heavy atom. The third-order valence-corrected chi connectivity index (χ3v) is 9.32. The largest absolute Gasteiger partial charge is 0.356 e. The first-order valence-electron chi connectivity index (χ1n) is 12.1. The number of amides is 1. The fourth-order valence-electron chi connectivity index (χ4n) is 5.26. The number of likely N-dealkylation sites (tertiary alicyclic amines) is 1. The van der Waals surface area contributed by atoms with Crippen LogP contribution >= 0.6 is 11.6 Å². The van der Waals surface area contributed by atoms with Gasteiger partial charge in [0.2, 0.25) is 15.9 Å². The van der Waals surface area contributed by atoms with Gasteiger partial charge in [-0.1, -0.05) is 60.5 Å². The molecule has 0 saturated carbocycles. The average Bonchev–Trinajstić information content (AvgIpc) is 3.11. The summed E-state index contributed by atoms with van der Waals surface area (Å²) in [6, 6.07) is 15.5. The molecule has 4 rings (SSSR count). The van der Waals surface area contributed by atoms with Crippen molar-refractivity contribution in [3.63, 3.8) is 0 Å². The van der Waals surface area contributed by atoms with Gasteiger partial charge in [0.05, 0.1) is 6.17 Å². The molecule has 2 aliphatic heterocycles. The summed E-state index contributed by atoms with van der Waals surface area (Å²) in [5, 5.41) is 3.23.